The molecule has 2 aromatic rings. The number of aromatic nitrogens is 1. The zero-order valence-electron chi connectivity index (χ0n) is 10.9. The molecule has 0 saturated carbocycles. The van der Waals surface area contributed by atoms with Crippen molar-refractivity contribution in [3.63, 3.8) is 0 Å². The predicted molar refractivity (Wildman–Crippen MR) is 73.8 cm³/mol. The lowest BCUT2D eigenvalue weighted by Crippen LogP contribution is -2.46. The van der Waals surface area contributed by atoms with Crippen molar-refractivity contribution in [3.8, 4) is 11.5 Å². The molecular formula is C15H14N2O3. The van der Waals surface area contributed by atoms with Gasteiger partial charge < -0.3 is 14.8 Å². The minimum Gasteiger partial charge on any atom is -0.482 e. The smallest absolute Gasteiger partial charge is 0.269 e. The minimum atomic E-state index is -0.682. The van der Waals surface area contributed by atoms with Gasteiger partial charge in [-0.15, -0.1) is 0 Å². The van der Waals surface area contributed by atoms with E-state index < -0.39 is 6.10 Å². The van der Waals surface area contributed by atoms with Crippen LogP contribution in [0.25, 0.3) is 0 Å². The standard InChI is InChI=1S/C15H14N2O3/c1-10-14(15(18)17-11-6-8-16-9-7-11)20-13-5-3-2-4-12(13)19-10/h2-10,14H,1H3,(H,16,17,18). The van der Waals surface area contributed by atoms with Gasteiger partial charge in [-0.3, -0.25) is 9.78 Å². The predicted octanol–water partition coefficient (Wildman–Crippen LogP) is 2.25. The summed E-state index contributed by atoms with van der Waals surface area (Å²) in [5.41, 5.74) is 0.680. The van der Waals surface area contributed by atoms with Gasteiger partial charge in [0.15, 0.2) is 11.5 Å². The lowest BCUT2D eigenvalue weighted by atomic mass is 10.1. The maximum atomic E-state index is 12.3. The summed E-state index contributed by atoms with van der Waals surface area (Å²) >= 11 is 0. The summed E-state index contributed by atoms with van der Waals surface area (Å²) in [4.78, 5) is 16.2. The van der Waals surface area contributed by atoms with Crippen molar-refractivity contribution in [2.24, 2.45) is 0 Å². The fraction of sp³-hybridized carbons (Fsp3) is 0.200. The molecule has 0 spiro atoms. The van der Waals surface area contributed by atoms with Gasteiger partial charge in [0, 0.05) is 18.1 Å². The van der Waals surface area contributed by atoms with Crippen LogP contribution in [0.2, 0.25) is 0 Å². The van der Waals surface area contributed by atoms with Crippen molar-refractivity contribution in [3.05, 3.63) is 48.8 Å². The highest BCUT2D eigenvalue weighted by molar-refractivity contribution is 5.95. The molecule has 0 saturated heterocycles. The molecule has 2 unspecified atom stereocenters. The van der Waals surface area contributed by atoms with Crippen LogP contribution in [-0.4, -0.2) is 23.1 Å². The Labute approximate surface area is 116 Å². The van der Waals surface area contributed by atoms with Gasteiger partial charge in [0.1, 0.15) is 6.10 Å². The van der Waals surface area contributed by atoms with Crippen LogP contribution in [0.1, 0.15) is 6.92 Å². The van der Waals surface area contributed by atoms with Crippen molar-refractivity contribution in [1.82, 2.24) is 4.98 Å². The Bertz CT molecular complexity index is 616. The highest BCUT2D eigenvalue weighted by Crippen LogP contribution is 2.33. The maximum Gasteiger partial charge on any atom is 0.269 e. The van der Waals surface area contributed by atoms with Crippen molar-refractivity contribution in [2.45, 2.75) is 19.1 Å². The van der Waals surface area contributed by atoms with E-state index in [1.54, 1.807) is 30.6 Å². The molecular weight excluding hydrogens is 256 g/mol. The quantitative estimate of drug-likeness (QED) is 0.909. The molecule has 1 aliphatic heterocycles. The highest BCUT2D eigenvalue weighted by Gasteiger charge is 2.33. The molecule has 0 aliphatic carbocycles. The molecule has 1 aliphatic rings. The largest absolute Gasteiger partial charge is 0.482 e. The van der Waals surface area contributed by atoms with E-state index in [-0.39, 0.29) is 12.0 Å². The average molecular weight is 270 g/mol. The maximum absolute atomic E-state index is 12.3. The third-order valence-electron chi connectivity index (χ3n) is 3.05. The number of nitrogens with one attached hydrogen (secondary N) is 1. The Morgan fingerprint density at radius 1 is 1.10 bits per heavy atom. The van der Waals surface area contributed by atoms with Crippen LogP contribution in [-0.2, 0) is 4.79 Å². The summed E-state index contributed by atoms with van der Waals surface area (Å²) in [6.07, 6.45) is 2.20. The van der Waals surface area contributed by atoms with E-state index in [0.29, 0.717) is 17.2 Å². The fourth-order valence-corrected chi connectivity index (χ4v) is 2.05. The summed E-state index contributed by atoms with van der Waals surface area (Å²) in [6.45, 7) is 1.81. The lowest BCUT2D eigenvalue weighted by molar-refractivity contribution is -0.128. The summed E-state index contributed by atoms with van der Waals surface area (Å²) in [7, 11) is 0. The number of benzene rings is 1. The molecule has 0 fully saturated rings. The summed E-state index contributed by atoms with van der Waals surface area (Å²) in [6, 6.07) is 10.8. The van der Waals surface area contributed by atoms with E-state index in [2.05, 4.69) is 10.3 Å². The van der Waals surface area contributed by atoms with Gasteiger partial charge in [0.25, 0.3) is 5.91 Å². The third kappa shape index (κ3) is 2.42. The number of para-hydroxylation sites is 2. The first kappa shape index (κ1) is 12.5. The molecule has 2 atom stereocenters. The number of rotatable bonds is 2. The molecule has 20 heavy (non-hydrogen) atoms. The van der Waals surface area contributed by atoms with Crippen LogP contribution in [0.15, 0.2) is 48.8 Å². The van der Waals surface area contributed by atoms with Crippen LogP contribution < -0.4 is 14.8 Å². The first-order chi connectivity index (χ1) is 9.74. The summed E-state index contributed by atoms with van der Waals surface area (Å²) in [5.74, 6) is 1.01. The number of amides is 1. The lowest BCUT2D eigenvalue weighted by Gasteiger charge is -2.30. The van der Waals surface area contributed by atoms with Gasteiger partial charge in [0.05, 0.1) is 0 Å². The number of pyridine rings is 1. The Morgan fingerprint density at radius 3 is 2.45 bits per heavy atom. The normalized spacial score (nSPS) is 20.2. The Morgan fingerprint density at radius 2 is 1.75 bits per heavy atom. The molecule has 1 aromatic heterocycles. The molecule has 5 nitrogen and oxygen atoms in total. The van der Waals surface area contributed by atoms with Crippen molar-refractivity contribution < 1.29 is 14.3 Å². The van der Waals surface area contributed by atoms with E-state index >= 15 is 0 Å². The van der Waals surface area contributed by atoms with Crippen molar-refractivity contribution in [1.29, 1.82) is 0 Å². The van der Waals surface area contributed by atoms with E-state index in [0.717, 1.165) is 0 Å². The molecule has 5 heteroatoms. The molecule has 0 bridgehead atoms. The topological polar surface area (TPSA) is 60.5 Å². The van der Waals surface area contributed by atoms with Gasteiger partial charge in [-0.05, 0) is 31.2 Å². The van der Waals surface area contributed by atoms with Gasteiger partial charge in [-0.2, -0.15) is 0 Å². The molecule has 102 valence electrons. The number of carbonyl (C=O) groups excluding carboxylic acids is 1. The molecule has 0 radical (unpaired) electrons. The fourth-order valence-electron chi connectivity index (χ4n) is 2.05. The number of fused-ring (bicyclic) bond motifs is 1. The van der Waals surface area contributed by atoms with E-state index in [9.17, 15) is 4.79 Å². The van der Waals surface area contributed by atoms with Crippen molar-refractivity contribution in [2.75, 3.05) is 5.32 Å². The highest BCUT2D eigenvalue weighted by atomic mass is 16.6. The Balaban J connectivity index is 1.76. The van der Waals surface area contributed by atoms with E-state index in [1.165, 1.54) is 0 Å². The third-order valence-corrected chi connectivity index (χ3v) is 3.05. The second kappa shape index (κ2) is 5.21. The zero-order valence-corrected chi connectivity index (χ0v) is 10.9. The summed E-state index contributed by atoms with van der Waals surface area (Å²) in [5, 5.41) is 2.79. The zero-order chi connectivity index (χ0) is 13.9. The second-order valence-electron chi connectivity index (χ2n) is 4.53. The number of hydrogen-bond donors (Lipinski definition) is 1. The van der Waals surface area contributed by atoms with Gasteiger partial charge >= 0.3 is 0 Å². The monoisotopic (exact) mass is 270 g/mol. The molecule has 3 rings (SSSR count). The first-order valence-electron chi connectivity index (χ1n) is 6.37. The average Bonchev–Trinajstić information content (AvgIpc) is 2.47. The number of nitrogens with zero attached hydrogens (tertiary/aromatic N) is 1. The number of anilines is 1. The van der Waals surface area contributed by atoms with Gasteiger partial charge in [-0.1, -0.05) is 12.1 Å². The summed E-state index contributed by atoms with van der Waals surface area (Å²) < 4.78 is 11.4. The van der Waals surface area contributed by atoms with Crippen molar-refractivity contribution >= 4 is 11.6 Å². The SMILES string of the molecule is CC1Oc2ccccc2OC1C(=O)Nc1ccncc1. The Kier molecular flexibility index (Phi) is 3.25. The van der Waals surface area contributed by atoms with Gasteiger partial charge in [0.2, 0.25) is 6.10 Å². The van der Waals surface area contributed by atoms with Crippen LogP contribution in [0.3, 0.4) is 0 Å². The molecule has 2 heterocycles. The van der Waals surface area contributed by atoms with E-state index in [1.807, 2.05) is 25.1 Å². The van der Waals surface area contributed by atoms with Crippen LogP contribution in [0.5, 0.6) is 11.5 Å². The molecule has 1 amide bonds. The van der Waals surface area contributed by atoms with Gasteiger partial charge in [-0.25, -0.2) is 0 Å². The molecule has 1 aromatic carbocycles. The van der Waals surface area contributed by atoms with Crippen LogP contribution >= 0.6 is 0 Å². The number of ether oxygens (including phenoxy) is 2. The number of hydrogen-bond acceptors (Lipinski definition) is 4. The Hall–Kier alpha value is -2.56. The first-order valence-corrected chi connectivity index (χ1v) is 6.37. The second-order valence-corrected chi connectivity index (χ2v) is 4.53. The number of carbonyl (C=O) groups is 1. The van der Waals surface area contributed by atoms with E-state index in [4.69, 9.17) is 9.47 Å². The molecule has 1 N–H and O–H groups in total. The van der Waals surface area contributed by atoms with Crippen LogP contribution in [0, 0.1) is 0 Å². The van der Waals surface area contributed by atoms with Crippen LogP contribution in [0.4, 0.5) is 5.69 Å². The minimum absolute atomic E-state index is 0.238.